The summed E-state index contributed by atoms with van der Waals surface area (Å²) in [6.45, 7) is 3.97. The number of nitro groups is 1. The van der Waals surface area contributed by atoms with E-state index < -0.39 is 0 Å². The van der Waals surface area contributed by atoms with Crippen molar-refractivity contribution in [3.05, 3.63) is 33.9 Å². The summed E-state index contributed by atoms with van der Waals surface area (Å²) in [4.78, 5) is 10.4. The van der Waals surface area contributed by atoms with Gasteiger partial charge in [-0.05, 0) is 44.7 Å². The van der Waals surface area contributed by atoms with Crippen molar-refractivity contribution in [1.82, 2.24) is 0 Å². The number of hydrogen-bond donors (Lipinski definition) is 1. The molecule has 0 spiro atoms. The van der Waals surface area contributed by atoms with Crippen LogP contribution >= 0.6 is 0 Å². The average molecular weight is 234 g/mol. The number of hydrogen-bond acceptors (Lipinski definition) is 3. The van der Waals surface area contributed by atoms with Crippen LogP contribution in [0.1, 0.15) is 38.2 Å². The van der Waals surface area contributed by atoms with Gasteiger partial charge < -0.3 is 5.32 Å². The van der Waals surface area contributed by atoms with Crippen molar-refractivity contribution < 1.29 is 4.92 Å². The van der Waals surface area contributed by atoms with Crippen molar-refractivity contribution in [3.8, 4) is 0 Å². The first-order chi connectivity index (χ1) is 8.06. The first-order valence-electron chi connectivity index (χ1n) is 6.09. The topological polar surface area (TPSA) is 55.2 Å². The fourth-order valence-electron chi connectivity index (χ4n) is 2.41. The third-order valence-corrected chi connectivity index (χ3v) is 3.79. The Morgan fingerprint density at radius 3 is 2.59 bits per heavy atom. The molecule has 0 unspecified atom stereocenters. The third kappa shape index (κ3) is 2.25. The average Bonchev–Trinajstić information content (AvgIpc) is 2.23. The molecule has 4 nitrogen and oxygen atoms in total. The summed E-state index contributed by atoms with van der Waals surface area (Å²) in [7, 11) is 0. The van der Waals surface area contributed by atoms with E-state index in [1.165, 1.54) is 19.3 Å². The highest BCUT2D eigenvalue weighted by atomic mass is 16.6. The standard InChI is InChI=1S/C13H18N2O2/c1-3-13(7-4-8-13)14-11-5-6-12(15(16)17)10(2)9-11/h5-6,9,14H,3-4,7-8H2,1-2H3. The second-order valence-corrected chi connectivity index (χ2v) is 4.87. The van der Waals surface area contributed by atoms with Crippen LogP contribution in [-0.4, -0.2) is 10.5 Å². The molecule has 0 atom stereocenters. The lowest BCUT2D eigenvalue weighted by Crippen LogP contribution is -2.44. The molecule has 1 aliphatic rings. The van der Waals surface area contributed by atoms with Crippen molar-refractivity contribution in [2.45, 2.75) is 45.1 Å². The van der Waals surface area contributed by atoms with Gasteiger partial charge in [0.15, 0.2) is 0 Å². The highest BCUT2D eigenvalue weighted by molar-refractivity contribution is 5.55. The molecule has 0 radical (unpaired) electrons. The Morgan fingerprint density at radius 1 is 1.47 bits per heavy atom. The number of benzene rings is 1. The summed E-state index contributed by atoms with van der Waals surface area (Å²) < 4.78 is 0. The number of nitro benzene ring substituents is 1. The highest BCUT2D eigenvalue weighted by Gasteiger charge is 2.34. The van der Waals surface area contributed by atoms with Gasteiger partial charge in [-0.25, -0.2) is 0 Å². The SMILES string of the molecule is CCC1(Nc2ccc([N+](=O)[O-])c(C)c2)CCC1. The van der Waals surface area contributed by atoms with Gasteiger partial charge in [0.25, 0.3) is 5.69 Å². The van der Waals surface area contributed by atoms with Crippen LogP contribution < -0.4 is 5.32 Å². The number of nitrogens with zero attached hydrogens (tertiary/aromatic N) is 1. The quantitative estimate of drug-likeness (QED) is 0.639. The molecule has 0 aromatic heterocycles. The molecule has 1 fully saturated rings. The Labute approximate surface area is 101 Å². The van der Waals surface area contributed by atoms with E-state index in [2.05, 4.69) is 12.2 Å². The van der Waals surface area contributed by atoms with Crippen LogP contribution in [0, 0.1) is 17.0 Å². The van der Waals surface area contributed by atoms with Gasteiger partial charge in [0.1, 0.15) is 0 Å². The van der Waals surface area contributed by atoms with Crippen molar-refractivity contribution in [2.75, 3.05) is 5.32 Å². The Kier molecular flexibility index (Phi) is 3.05. The molecule has 1 aliphatic carbocycles. The summed E-state index contributed by atoms with van der Waals surface area (Å²) in [6, 6.07) is 5.26. The molecule has 1 aromatic carbocycles. The Balaban J connectivity index is 2.17. The lowest BCUT2D eigenvalue weighted by Gasteiger charge is -2.43. The van der Waals surface area contributed by atoms with Crippen LogP contribution in [0.15, 0.2) is 18.2 Å². The maximum Gasteiger partial charge on any atom is 0.272 e. The summed E-state index contributed by atoms with van der Waals surface area (Å²) >= 11 is 0. The summed E-state index contributed by atoms with van der Waals surface area (Å²) in [5.74, 6) is 0. The maximum absolute atomic E-state index is 10.7. The van der Waals surface area contributed by atoms with Gasteiger partial charge in [-0.3, -0.25) is 10.1 Å². The van der Waals surface area contributed by atoms with E-state index in [1.54, 1.807) is 19.1 Å². The number of rotatable bonds is 4. The molecule has 1 saturated carbocycles. The third-order valence-electron chi connectivity index (χ3n) is 3.79. The second-order valence-electron chi connectivity index (χ2n) is 4.87. The molecule has 0 saturated heterocycles. The van der Waals surface area contributed by atoms with E-state index in [1.807, 2.05) is 6.07 Å². The van der Waals surface area contributed by atoms with Crippen LogP contribution in [0.25, 0.3) is 0 Å². The number of anilines is 1. The number of nitrogens with one attached hydrogen (secondary N) is 1. The molecular weight excluding hydrogens is 216 g/mol. The molecule has 4 heteroatoms. The van der Waals surface area contributed by atoms with E-state index >= 15 is 0 Å². The summed E-state index contributed by atoms with van der Waals surface area (Å²) in [5.41, 5.74) is 2.12. The minimum Gasteiger partial charge on any atom is -0.380 e. The highest BCUT2D eigenvalue weighted by Crippen LogP contribution is 2.38. The maximum atomic E-state index is 10.7. The van der Waals surface area contributed by atoms with E-state index in [-0.39, 0.29) is 16.1 Å². The van der Waals surface area contributed by atoms with Gasteiger partial charge in [-0.2, -0.15) is 0 Å². The molecule has 0 amide bonds. The summed E-state index contributed by atoms with van der Waals surface area (Å²) in [6.07, 6.45) is 4.76. The van der Waals surface area contributed by atoms with Gasteiger partial charge in [-0.15, -0.1) is 0 Å². The normalized spacial score (nSPS) is 17.3. The smallest absolute Gasteiger partial charge is 0.272 e. The van der Waals surface area contributed by atoms with Gasteiger partial charge in [-0.1, -0.05) is 6.92 Å². The van der Waals surface area contributed by atoms with Crippen LogP contribution in [0.3, 0.4) is 0 Å². The predicted octanol–water partition coefficient (Wildman–Crippen LogP) is 3.65. The van der Waals surface area contributed by atoms with Crippen LogP contribution in [-0.2, 0) is 0 Å². The van der Waals surface area contributed by atoms with E-state index in [0.717, 1.165) is 12.1 Å². The zero-order valence-electron chi connectivity index (χ0n) is 10.3. The number of aryl methyl sites for hydroxylation is 1. The van der Waals surface area contributed by atoms with Crippen LogP contribution in [0.5, 0.6) is 0 Å². The largest absolute Gasteiger partial charge is 0.380 e. The van der Waals surface area contributed by atoms with Gasteiger partial charge >= 0.3 is 0 Å². The van der Waals surface area contributed by atoms with Gasteiger partial charge in [0.05, 0.1) is 4.92 Å². The van der Waals surface area contributed by atoms with Crippen molar-refractivity contribution in [2.24, 2.45) is 0 Å². The van der Waals surface area contributed by atoms with E-state index in [0.29, 0.717) is 5.56 Å². The zero-order chi connectivity index (χ0) is 12.5. The first-order valence-corrected chi connectivity index (χ1v) is 6.09. The molecular formula is C13H18N2O2. The zero-order valence-corrected chi connectivity index (χ0v) is 10.3. The minimum atomic E-state index is -0.335. The monoisotopic (exact) mass is 234 g/mol. The van der Waals surface area contributed by atoms with Crippen molar-refractivity contribution in [1.29, 1.82) is 0 Å². The van der Waals surface area contributed by atoms with E-state index in [9.17, 15) is 10.1 Å². The summed E-state index contributed by atoms with van der Waals surface area (Å²) in [5, 5.41) is 14.3. The Morgan fingerprint density at radius 2 is 2.18 bits per heavy atom. The minimum absolute atomic E-state index is 0.190. The van der Waals surface area contributed by atoms with Crippen molar-refractivity contribution >= 4 is 11.4 Å². The molecule has 1 aromatic rings. The van der Waals surface area contributed by atoms with Gasteiger partial charge in [0.2, 0.25) is 0 Å². The molecule has 1 N–H and O–H groups in total. The van der Waals surface area contributed by atoms with Crippen molar-refractivity contribution in [3.63, 3.8) is 0 Å². The lowest BCUT2D eigenvalue weighted by atomic mass is 9.74. The molecule has 0 heterocycles. The molecule has 0 bridgehead atoms. The fourth-order valence-corrected chi connectivity index (χ4v) is 2.41. The lowest BCUT2D eigenvalue weighted by molar-refractivity contribution is -0.385. The Bertz CT molecular complexity index is 434. The van der Waals surface area contributed by atoms with E-state index in [4.69, 9.17) is 0 Å². The first kappa shape index (κ1) is 11.9. The molecule has 2 rings (SSSR count). The Hall–Kier alpha value is -1.58. The molecule has 17 heavy (non-hydrogen) atoms. The second kappa shape index (κ2) is 4.35. The van der Waals surface area contributed by atoms with Crippen LogP contribution in [0.2, 0.25) is 0 Å². The molecule has 92 valence electrons. The van der Waals surface area contributed by atoms with Gasteiger partial charge in [0, 0.05) is 22.9 Å². The van der Waals surface area contributed by atoms with Crippen LogP contribution in [0.4, 0.5) is 11.4 Å². The fraction of sp³-hybridized carbons (Fsp3) is 0.538. The molecule has 0 aliphatic heterocycles. The predicted molar refractivity (Wildman–Crippen MR) is 68.3 cm³/mol.